The maximum absolute atomic E-state index is 12.7. The van der Waals surface area contributed by atoms with E-state index >= 15 is 0 Å². The zero-order chi connectivity index (χ0) is 20.1. The van der Waals surface area contributed by atoms with Crippen LogP contribution < -0.4 is 10.2 Å². The van der Waals surface area contributed by atoms with E-state index in [9.17, 15) is 14.4 Å². The SMILES string of the molecule is COC(=O)c1ccccc1NC(=O)C[NH+]1Cc2ccccc2C[C@@H]1C(=O)OC. The van der Waals surface area contributed by atoms with Gasteiger partial charge in [-0.2, -0.15) is 0 Å². The molecule has 1 aliphatic heterocycles. The van der Waals surface area contributed by atoms with Gasteiger partial charge in [0.15, 0.2) is 12.6 Å². The third-order valence-electron chi connectivity index (χ3n) is 4.93. The smallest absolute Gasteiger partial charge is 0.365 e. The Balaban J connectivity index is 1.77. The standard InChI is InChI=1S/C21H22N2O5/c1-27-20(25)16-9-5-6-10-17(16)22-19(24)13-23-12-15-8-4-3-7-14(15)11-18(23)21(26)28-2/h3-10,18H,11-13H2,1-2H3,(H,22,24)/p+1/t18-/m1/s1. The van der Waals surface area contributed by atoms with Crippen molar-refractivity contribution in [3.8, 4) is 0 Å². The Morgan fingerprint density at radius 3 is 2.39 bits per heavy atom. The van der Waals surface area contributed by atoms with E-state index in [1.165, 1.54) is 14.2 Å². The molecule has 0 aliphatic carbocycles. The predicted molar refractivity (Wildman–Crippen MR) is 102 cm³/mol. The summed E-state index contributed by atoms with van der Waals surface area (Å²) in [5.41, 5.74) is 2.87. The van der Waals surface area contributed by atoms with Gasteiger partial charge in [0.05, 0.1) is 25.5 Å². The first-order valence-corrected chi connectivity index (χ1v) is 9.00. The molecule has 2 aromatic carbocycles. The van der Waals surface area contributed by atoms with Gasteiger partial charge in [0.25, 0.3) is 5.91 Å². The first kappa shape index (κ1) is 19.6. The Morgan fingerprint density at radius 2 is 1.68 bits per heavy atom. The van der Waals surface area contributed by atoms with Crippen molar-refractivity contribution in [2.75, 3.05) is 26.1 Å². The predicted octanol–water partition coefficient (Wildman–Crippen LogP) is 0.594. The molecule has 7 heteroatoms. The molecule has 7 nitrogen and oxygen atoms in total. The number of methoxy groups -OCH3 is 2. The summed E-state index contributed by atoms with van der Waals surface area (Å²) in [6.07, 6.45) is 0.518. The molecule has 2 aromatic rings. The van der Waals surface area contributed by atoms with Crippen LogP contribution in [0.15, 0.2) is 48.5 Å². The number of hydrogen-bond donors (Lipinski definition) is 2. The molecule has 146 valence electrons. The summed E-state index contributed by atoms with van der Waals surface area (Å²) in [7, 11) is 2.64. The minimum Gasteiger partial charge on any atom is -0.465 e. The number of amides is 1. The molecule has 1 amide bonds. The van der Waals surface area contributed by atoms with Crippen molar-refractivity contribution in [2.45, 2.75) is 19.0 Å². The molecular weight excluding hydrogens is 360 g/mol. The third-order valence-corrected chi connectivity index (χ3v) is 4.93. The molecule has 0 saturated carbocycles. The second-order valence-corrected chi connectivity index (χ2v) is 6.65. The van der Waals surface area contributed by atoms with Crippen molar-refractivity contribution in [3.63, 3.8) is 0 Å². The molecule has 1 unspecified atom stereocenters. The minimum absolute atomic E-state index is 0.0730. The summed E-state index contributed by atoms with van der Waals surface area (Å²) in [5, 5.41) is 2.76. The lowest BCUT2D eigenvalue weighted by Gasteiger charge is -2.31. The number of nitrogens with one attached hydrogen (secondary N) is 2. The van der Waals surface area contributed by atoms with Gasteiger partial charge in [-0.3, -0.25) is 4.79 Å². The van der Waals surface area contributed by atoms with Crippen LogP contribution in [-0.2, 0) is 32.0 Å². The van der Waals surface area contributed by atoms with Gasteiger partial charge in [0, 0.05) is 12.0 Å². The van der Waals surface area contributed by atoms with E-state index in [-0.39, 0.29) is 24.0 Å². The Morgan fingerprint density at radius 1 is 1.00 bits per heavy atom. The molecule has 0 aromatic heterocycles. The number of esters is 2. The number of fused-ring (bicyclic) bond motifs is 1. The van der Waals surface area contributed by atoms with Crippen LogP contribution >= 0.6 is 0 Å². The van der Waals surface area contributed by atoms with Crippen LogP contribution in [0, 0.1) is 0 Å². The average molecular weight is 383 g/mol. The zero-order valence-corrected chi connectivity index (χ0v) is 15.9. The van der Waals surface area contributed by atoms with Gasteiger partial charge < -0.3 is 19.7 Å². The quantitative estimate of drug-likeness (QED) is 0.739. The van der Waals surface area contributed by atoms with Crippen LogP contribution in [0.5, 0.6) is 0 Å². The van der Waals surface area contributed by atoms with E-state index < -0.39 is 12.0 Å². The zero-order valence-electron chi connectivity index (χ0n) is 15.9. The van der Waals surface area contributed by atoms with Gasteiger partial charge in [-0.05, 0) is 17.7 Å². The topological polar surface area (TPSA) is 86.1 Å². The number of quaternary nitrogens is 1. The summed E-state index contributed by atoms with van der Waals surface area (Å²) < 4.78 is 9.70. The lowest BCUT2D eigenvalue weighted by molar-refractivity contribution is -0.924. The molecule has 1 heterocycles. The van der Waals surface area contributed by atoms with Crippen molar-refractivity contribution in [3.05, 3.63) is 65.2 Å². The van der Waals surface area contributed by atoms with Crippen LogP contribution in [-0.4, -0.2) is 44.7 Å². The van der Waals surface area contributed by atoms with Crippen LogP contribution in [0.3, 0.4) is 0 Å². The van der Waals surface area contributed by atoms with Crippen molar-refractivity contribution in [1.29, 1.82) is 0 Å². The summed E-state index contributed by atoms with van der Waals surface area (Å²) >= 11 is 0. The van der Waals surface area contributed by atoms with Gasteiger partial charge in [-0.1, -0.05) is 36.4 Å². The Hall–Kier alpha value is -3.19. The van der Waals surface area contributed by atoms with E-state index in [0.717, 1.165) is 16.0 Å². The highest BCUT2D eigenvalue weighted by atomic mass is 16.5. The van der Waals surface area contributed by atoms with E-state index in [1.54, 1.807) is 24.3 Å². The second-order valence-electron chi connectivity index (χ2n) is 6.65. The van der Waals surface area contributed by atoms with Crippen LogP contribution in [0.2, 0.25) is 0 Å². The molecule has 0 bridgehead atoms. The Bertz CT molecular complexity index is 896. The molecule has 1 aliphatic rings. The number of hydrogen-bond acceptors (Lipinski definition) is 5. The van der Waals surface area contributed by atoms with Crippen LogP contribution in [0.25, 0.3) is 0 Å². The number of anilines is 1. The number of carbonyl (C=O) groups is 3. The minimum atomic E-state index is -0.525. The Kier molecular flexibility index (Phi) is 6.06. The van der Waals surface area contributed by atoms with Crippen molar-refractivity contribution < 1.29 is 28.8 Å². The van der Waals surface area contributed by atoms with Crippen molar-refractivity contribution in [2.24, 2.45) is 0 Å². The number of para-hydroxylation sites is 1. The average Bonchev–Trinajstić information content (AvgIpc) is 2.72. The first-order valence-electron chi connectivity index (χ1n) is 9.00. The third kappa shape index (κ3) is 4.20. The molecule has 3 rings (SSSR count). The molecule has 0 spiro atoms. The van der Waals surface area contributed by atoms with E-state index in [4.69, 9.17) is 9.47 Å². The lowest BCUT2D eigenvalue weighted by atomic mass is 9.94. The van der Waals surface area contributed by atoms with E-state index in [0.29, 0.717) is 18.7 Å². The molecule has 2 atom stereocenters. The maximum Gasteiger partial charge on any atom is 0.365 e. The second kappa shape index (κ2) is 8.67. The maximum atomic E-state index is 12.7. The highest BCUT2D eigenvalue weighted by molar-refractivity contribution is 6.01. The highest BCUT2D eigenvalue weighted by Crippen LogP contribution is 2.16. The van der Waals surface area contributed by atoms with Crippen LogP contribution in [0.1, 0.15) is 21.5 Å². The van der Waals surface area contributed by atoms with Gasteiger partial charge in [-0.25, -0.2) is 9.59 Å². The number of rotatable bonds is 5. The summed E-state index contributed by atoms with van der Waals surface area (Å²) in [5.74, 6) is -1.16. The van der Waals surface area contributed by atoms with Gasteiger partial charge in [0.2, 0.25) is 0 Å². The van der Waals surface area contributed by atoms with Crippen molar-refractivity contribution in [1.82, 2.24) is 0 Å². The Labute approximate surface area is 163 Å². The van der Waals surface area contributed by atoms with E-state index in [2.05, 4.69) is 5.32 Å². The number of benzene rings is 2. The molecule has 28 heavy (non-hydrogen) atoms. The first-order chi connectivity index (χ1) is 13.5. The van der Waals surface area contributed by atoms with Gasteiger partial charge in [-0.15, -0.1) is 0 Å². The normalized spacial score (nSPS) is 17.9. The molecule has 0 fully saturated rings. The number of ether oxygens (including phenoxy) is 2. The number of carbonyl (C=O) groups excluding carboxylic acids is 3. The summed E-state index contributed by atoms with van der Waals surface area (Å²) in [6, 6.07) is 14.1. The fraction of sp³-hybridized carbons (Fsp3) is 0.286. The van der Waals surface area contributed by atoms with Gasteiger partial charge in [0.1, 0.15) is 6.54 Å². The van der Waals surface area contributed by atoms with E-state index in [1.807, 2.05) is 24.3 Å². The lowest BCUT2D eigenvalue weighted by Crippen LogP contribution is -3.17. The monoisotopic (exact) mass is 383 g/mol. The van der Waals surface area contributed by atoms with Crippen LogP contribution in [0.4, 0.5) is 5.69 Å². The largest absolute Gasteiger partial charge is 0.465 e. The summed E-state index contributed by atoms with van der Waals surface area (Å²) in [6.45, 7) is 0.617. The molecule has 2 N–H and O–H groups in total. The fourth-order valence-electron chi connectivity index (χ4n) is 3.52. The molecule has 0 radical (unpaired) electrons. The fourth-order valence-corrected chi connectivity index (χ4v) is 3.52. The van der Waals surface area contributed by atoms with Gasteiger partial charge >= 0.3 is 11.9 Å². The molecule has 0 saturated heterocycles. The van der Waals surface area contributed by atoms with Crippen molar-refractivity contribution >= 4 is 23.5 Å². The summed E-state index contributed by atoms with van der Waals surface area (Å²) in [4.78, 5) is 37.6. The molecular formula is C21H23N2O5+. The highest BCUT2D eigenvalue weighted by Gasteiger charge is 2.37.